The summed E-state index contributed by atoms with van der Waals surface area (Å²) in [6.45, 7) is 1.37. The maximum absolute atomic E-state index is 12.0. The Morgan fingerprint density at radius 1 is 1.37 bits per heavy atom. The van der Waals surface area contributed by atoms with Gasteiger partial charge in [-0.2, -0.15) is 5.10 Å². The molecule has 19 heavy (non-hydrogen) atoms. The Balaban J connectivity index is 1.73. The fraction of sp³-hybridized carbons (Fsp3) is 0.714. The number of amides is 1. The highest BCUT2D eigenvalue weighted by atomic mass is 16.1. The van der Waals surface area contributed by atoms with E-state index in [-0.39, 0.29) is 11.4 Å². The van der Waals surface area contributed by atoms with E-state index in [2.05, 4.69) is 15.7 Å². The molecule has 0 aromatic carbocycles. The molecule has 1 aliphatic carbocycles. The molecular formula is C14H24N4O. The van der Waals surface area contributed by atoms with Crippen LogP contribution in [0.25, 0.3) is 0 Å². The van der Waals surface area contributed by atoms with Gasteiger partial charge in [-0.1, -0.05) is 19.3 Å². The zero-order valence-corrected chi connectivity index (χ0v) is 11.7. The largest absolute Gasteiger partial charge is 0.354 e. The Kier molecular flexibility index (Phi) is 4.96. The smallest absolute Gasteiger partial charge is 0.221 e. The lowest BCUT2D eigenvalue weighted by molar-refractivity contribution is -0.122. The van der Waals surface area contributed by atoms with Crippen LogP contribution in [-0.4, -0.2) is 34.8 Å². The van der Waals surface area contributed by atoms with E-state index in [1.165, 1.54) is 19.3 Å². The average molecular weight is 264 g/mol. The molecule has 0 unspecified atom stereocenters. The van der Waals surface area contributed by atoms with E-state index in [1.807, 2.05) is 24.0 Å². The lowest BCUT2D eigenvalue weighted by Gasteiger charge is -2.36. The predicted molar refractivity (Wildman–Crippen MR) is 74.7 cm³/mol. The van der Waals surface area contributed by atoms with Gasteiger partial charge in [-0.3, -0.25) is 9.48 Å². The van der Waals surface area contributed by atoms with Gasteiger partial charge in [0, 0.05) is 30.9 Å². The zero-order valence-electron chi connectivity index (χ0n) is 11.7. The van der Waals surface area contributed by atoms with Crippen LogP contribution in [0.5, 0.6) is 0 Å². The van der Waals surface area contributed by atoms with Crippen LogP contribution < -0.4 is 10.6 Å². The average Bonchev–Trinajstić information content (AvgIpc) is 2.93. The zero-order chi connectivity index (χ0) is 13.6. The molecule has 0 radical (unpaired) electrons. The predicted octanol–water partition coefficient (Wildman–Crippen LogP) is 1.31. The monoisotopic (exact) mass is 264 g/mol. The first-order chi connectivity index (χ1) is 9.24. The van der Waals surface area contributed by atoms with Crippen molar-refractivity contribution in [1.29, 1.82) is 0 Å². The summed E-state index contributed by atoms with van der Waals surface area (Å²) in [6, 6.07) is 1.89. The molecular weight excluding hydrogens is 240 g/mol. The molecule has 1 fully saturated rings. The molecule has 0 spiro atoms. The third-order valence-electron chi connectivity index (χ3n) is 4.06. The van der Waals surface area contributed by atoms with E-state index in [9.17, 15) is 4.79 Å². The fourth-order valence-electron chi connectivity index (χ4n) is 2.86. The first-order valence-electron chi connectivity index (χ1n) is 7.17. The van der Waals surface area contributed by atoms with Gasteiger partial charge in [-0.15, -0.1) is 0 Å². The summed E-state index contributed by atoms with van der Waals surface area (Å²) < 4.78 is 1.83. The summed E-state index contributed by atoms with van der Waals surface area (Å²) in [5.41, 5.74) is 0.0219. The normalized spacial score (nSPS) is 18.2. The van der Waals surface area contributed by atoms with Crippen LogP contribution in [0.3, 0.4) is 0 Å². The van der Waals surface area contributed by atoms with Crippen molar-refractivity contribution in [2.45, 2.75) is 50.6 Å². The number of hydrogen-bond acceptors (Lipinski definition) is 3. The maximum Gasteiger partial charge on any atom is 0.221 e. The van der Waals surface area contributed by atoms with Gasteiger partial charge in [-0.05, 0) is 26.0 Å². The quantitative estimate of drug-likeness (QED) is 0.814. The van der Waals surface area contributed by atoms with E-state index in [0.717, 1.165) is 19.4 Å². The van der Waals surface area contributed by atoms with Gasteiger partial charge in [-0.25, -0.2) is 0 Å². The molecule has 2 N–H and O–H groups in total. The minimum absolute atomic E-state index is 0.0219. The number of aromatic nitrogens is 2. The number of rotatable bonds is 6. The Bertz CT molecular complexity index is 382. The lowest BCUT2D eigenvalue weighted by Crippen LogP contribution is -2.48. The second-order valence-electron chi connectivity index (χ2n) is 5.39. The number of carbonyl (C=O) groups excluding carboxylic acids is 1. The lowest BCUT2D eigenvalue weighted by atomic mass is 9.79. The SMILES string of the molecule is CNC1(CC(=O)NCCn2cccn2)CCCCC1. The van der Waals surface area contributed by atoms with Crippen LogP contribution in [-0.2, 0) is 11.3 Å². The molecule has 1 heterocycles. The van der Waals surface area contributed by atoms with Crippen molar-refractivity contribution in [3.63, 3.8) is 0 Å². The van der Waals surface area contributed by atoms with E-state index in [4.69, 9.17) is 0 Å². The van der Waals surface area contributed by atoms with Crippen molar-refractivity contribution in [2.24, 2.45) is 0 Å². The topological polar surface area (TPSA) is 59.0 Å². The van der Waals surface area contributed by atoms with Gasteiger partial charge < -0.3 is 10.6 Å². The molecule has 1 aromatic rings. The van der Waals surface area contributed by atoms with Crippen molar-refractivity contribution >= 4 is 5.91 Å². The molecule has 0 saturated heterocycles. The molecule has 106 valence electrons. The highest BCUT2D eigenvalue weighted by Gasteiger charge is 2.32. The van der Waals surface area contributed by atoms with Crippen LogP contribution in [0, 0.1) is 0 Å². The molecule has 1 saturated carbocycles. The highest BCUT2D eigenvalue weighted by Crippen LogP contribution is 2.30. The Labute approximate surface area is 114 Å². The number of carbonyl (C=O) groups is 1. The molecule has 2 rings (SSSR count). The third-order valence-corrected chi connectivity index (χ3v) is 4.06. The second-order valence-corrected chi connectivity index (χ2v) is 5.39. The maximum atomic E-state index is 12.0. The summed E-state index contributed by atoms with van der Waals surface area (Å²) in [5.74, 6) is 0.142. The standard InChI is InChI=1S/C14H24N4O/c1-15-14(6-3-2-4-7-14)12-13(19)16-9-11-18-10-5-8-17-18/h5,8,10,15H,2-4,6-7,9,11-12H2,1H3,(H,16,19). The number of nitrogens with zero attached hydrogens (tertiary/aromatic N) is 2. The number of nitrogens with one attached hydrogen (secondary N) is 2. The van der Waals surface area contributed by atoms with Crippen LogP contribution >= 0.6 is 0 Å². The second kappa shape index (κ2) is 6.70. The van der Waals surface area contributed by atoms with Gasteiger partial charge in [0.15, 0.2) is 0 Å². The van der Waals surface area contributed by atoms with Gasteiger partial charge in [0.05, 0.1) is 6.54 Å². The fourth-order valence-corrected chi connectivity index (χ4v) is 2.86. The summed E-state index contributed by atoms with van der Waals surface area (Å²) >= 11 is 0. The van der Waals surface area contributed by atoms with Gasteiger partial charge in [0.1, 0.15) is 0 Å². The molecule has 5 heteroatoms. The first-order valence-corrected chi connectivity index (χ1v) is 7.17. The summed E-state index contributed by atoms with van der Waals surface area (Å²) in [6.07, 6.45) is 10.2. The molecule has 0 aliphatic heterocycles. The van der Waals surface area contributed by atoms with Gasteiger partial charge >= 0.3 is 0 Å². The summed E-state index contributed by atoms with van der Waals surface area (Å²) in [5, 5.41) is 10.5. The minimum Gasteiger partial charge on any atom is -0.354 e. The molecule has 0 atom stereocenters. The van der Waals surface area contributed by atoms with Crippen LogP contribution in [0.2, 0.25) is 0 Å². The van der Waals surface area contributed by atoms with Crippen molar-refractivity contribution in [3.05, 3.63) is 18.5 Å². The van der Waals surface area contributed by atoms with Crippen LogP contribution in [0.15, 0.2) is 18.5 Å². The van der Waals surface area contributed by atoms with Gasteiger partial charge in [0.2, 0.25) is 5.91 Å². The molecule has 0 bridgehead atoms. The minimum atomic E-state index is 0.0219. The highest BCUT2D eigenvalue weighted by molar-refractivity contribution is 5.77. The number of hydrogen-bond donors (Lipinski definition) is 2. The van der Waals surface area contributed by atoms with Crippen molar-refractivity contribution < 1.29 is 4.79 Å². The third kappa shape index (κ3) is 4.06. The molecule has 1 aliphatic rings. The Morgan fingerprint density at radius 2 is 2.16 bits per heavy atom. The van der Waals surface area contributed by atoms with Crippen LogP contribution in [0.1, 0.15) is 38.5 Å². The first kappa shape index (κ1) is 14.1. The summed E-state index contributed by atoms with van der Waals surface area (Å²) in [4.78, 5) is 12.0. The Morgan fingerprint density at radius 3 is 2.79 bits per heavy atom. The Hall–Kier alpha value is -1.36. The molecule has 1 aromatic heterocycles. The van der Waals surface area contributed by atoms with E-state index < -0.39 is 0 Å². The van der Waals surface area contributed by atoms with Crippen molar-refractivity contribution in [3.8, 4) is 0 Å². The van der Waals surface area contributed by atoms with E-state index >= 15 is 0 Å². The van der Waals surface area contributed by atoms with Gasteiger partial charge in [0.25, 0.3) is 0 Å². The van der Waals surface area contributed by atoms with Crippen molar-refractivity contribution in [1.82, 2.24) is 20.4 Å². The molecule has 5 nitrogen and oxygen atoms in total. The van der Waals surface area contributed by atoms with E-state index in [1.54, 1.807) is 6.20 Å². The van der Waals surface area contributed by atoms with Crippen LogP contribution in [0.4, 0.5) is 0 Å². The summed E-state index contributed by atoms with van der Waals surface area (Å²) in [7, 11) is 1.97. The molecule has 1 amide bonds. The van der Waals surface area contributed by atoms with Crippen molar-refractivity contribution in [2.75, 3.05) is 13.6 Å². The van der Waals surface area contributed by atoms with E-state index in [0.29, 0.717) is 13.0 Å².